The molecule has 0 aliphatic carbocycles. The Hall–Kier alpha value is -1.23. The third-order valence-electron chi connectivity index (χ3n) is 3.29. The summed E-state index contributed by atoms with van der Waals surface area (Å²) in [5, 5.41) is 12.4. The summed E-state index contributed by atoms with van der Waals surface area (Å²) in [6.07, 6.45) is 4.09. The Labute approximate surface area is 118 Å². The highest BCUT2D eigenvalue weighted by molar-refractivity contribution is 7.09. The number of nitrogens with two attached hydrogens (primary N) is 1. The highest BCUT2D eigenvalue weighted by Gasteiger charge is 2.20. The average molecular weight is 276 g/mol. The van der Waals surface area contributed by atoms with Crippen LogP contribution in [0.2, 0.25) is 0 Å². The van der Waals surface area contributed by atoms with Gasteiger partial charge < -0.3 is 10.8 Å². The molecule has 0 bridgehead atoms. The second-order valence-electron chi connectivity index (χ2n) is 4.64. The van der Waals surface area contributed by atoms with Crippen LogP contribution < -0.4 is 5.73 Å². The average Bonchev–Trinajstić information content (AvgIpc) is 2.94. The van der Waals surface area contributed by atoms with Gasteiger partial charge in [0.1, 0.15) is 0 Å². The van der Waals surface area contributed by atoms with Crippen LogP contribution in [0.25, 0.3) is 0 Å². The minimum atomic E-state index is -0.417. The summed E-state index contributed by atoms with van der Waals surface area (Å²) in [6.45, 7) is 0.428. The fourth-order valence-corrected chi connectivity index (χ4v) is 2.96. The van der Waals surface area contributed by atoms with Gasteiger partial charge in [-0.05, 0) is 42.8 Å². The Balaban J connectivity index is 1.85. The van der Waals surface area contributed by atoms with E-state index in [1.54, 1.807) is 17.5 Å². The lowest BCUT2D eigenvalue weighted by Gasteiger charge is -2.20. The van der Waals surface area contributed by atoms with Crippen molar-refractivity contribution in [1.29, 1.82) is 0 Å². The molecule has 2 aromatic heterocycles. The smallest absolute Gasteiger partial charge is 0.0636 e. The fourth-order valence-electron chi connectivity index (χ4n) is 2.21. The molecule has 2 heterocycles. The molecule has 3 nitrogen and oxygen atoms in total. The monoisotopic (exact) mass is 276 g/mol. The van der Waals surface area contributed by atoms with Gasteiger partial charge >= 0.3 is 0 Å². The Kier molecular flexibility index (Phi) is 5.51. The van der Waals surface area contributed by atoms with Crippen LogP contribution in [0.4, 0.5) is 0 Å². The van der Waals surface area contributed by atoms with Gasteiger partial charge in [-0.1, -0.05) is 12.1 Å². The molecule has 4 heteroatoms. The summed E-state index contributed by atoms with van der Waals surface area (Å²) in [6, 6.07) is 9.94. The van der Waals surface area contributed by atoms with Crippen LogP contribution in [0.15, 0.2) is 41.9 Å². The number of aliphatic hydroxyl groups excluding tert-OH is 1. The van der Waals surface area contributed by atoms with Crippen LogP contribution >= 0.6 is 11.3 Å². The molecular formula is C15H20N2OS. The van der Waals surface area contributed by atoms with Gasteiger partial charge in [0.25, 0.3) is 0 Å². The first-order valence-corrected chi connectivity index (χ1v) is 7.50. The number of hydrogen-bond donors (Lipinski definition) is 2. The van der Waals surface area contributed by atoms with E-state index in [1.807, 2.05) is 18.2 Å². The zero-order valence-electron chi connectivity index (χ0n) is 10.9. The van der Waals surface area contributed by atoms with Crippen molar-refractivity contribution in [3.05, 3.63) is 52.5 Å². The van der Waals surface area contributed by atoms with E-state index in [1.165, 1.54) is 4.88 Å². The molecule has 0 aliphatic rings. The molecule has 0 fully saturated rings. The van der Waals surface area contributed by atoms with Crippen molar-refractivity contribution in [2.45, 2.75) is 31.3 Å². The number of nitrogens with zero attached hydrogens (tertiary/aromatic N) is 1. The van der Waals surface area contributed by atoms with E-state index in [0.29, 0.717) is 6.54 Å². The predicted octanol–water partition coefficient (Wildman–Crippen LogP) is 2.57. The van der Waals surface area contributed by atoms with Crippen molar-refractivity contribution in [2.75, 3.05) is 6.54 Å². The number of aliphatic hydroxyl groups is 1. The van der Waals surface area contributed by atoms with E-state index in [0.717, 1.165) is 25.0 Å². The Morgan fingerprint density at radius 2 is 2.16 bits per heavy atom. The van der Waals surface area contributed by atoms with E-state index in [2.05, 4.69) is 22.5 Å². The van der Waals surface area contributed by atoms with Crippen molar-refractivity contribution in [3.63, 3.8) is 0 Å². The van der Waals surface area contributed by atoms with Crippen LogP contribution in [-0.2, 0) is 6.42 Å². The molecule has 2 aromatic rings. The van der Waals surface area contributed by atoms with E-state index in [4.69, 9.17) is 5.73 Å². The van der Waals surface area contributed by atoms with Gasteiger partial charge in [0.15, 0.2) is 0 Å². The van der Waals surface area contributed by atoms with Gasteiger partial charge in [-0.2, -0.15) is 0 Å². The van der Waals surface area contributed by atoms with Crippen LogP contribution in [0.5, 0.6) is 0 Å². The fraction of sp³-hybridized carbons (Fsp3) is 0.400. The number of rotatable bonds is 7. The molecule has 19 heavy (non-hydrogen) atoms. The largest absolute Gasteiger partial charge is 0.392 e. The number of aryl methyl sites for hydroxylation is 1. The predicted molar refractivity (Wildman–Crippen MR) is 79.3 cm³/mol. The van der Waals surface area contributed by atoms with Crippen LogP contribution in [0.3, 0.4) is 0 Å². The second kappa shape index (κ2) is 7.38. The Morgan fingerprint density at radius 3 is 2.79 bits per heavy atom. The molecule has 2 unspecified atom stereocenters. The quantitative estimate of drug-likeness (QED) is 0.817. The topological polar surface area (TPSA) is 59.1 Å². The highest BCUT2D eigenvalue weighted by Crippen LogP contribution is 2.21. The van der Waals surface area contributed by atoms with Crippen molar-refractivity contribution in [1.82, 2.24) is 4.98 Å². The van der Waals surface area contributed by atoms with E-state index in [9.17, 15) is 5.11 Å². The molecule has 0 saturated heterocycles. The third kappa shape index (κ3) is 4.13. The summed E-state index contributed by atoms with van der Waals surface area (Å²) in [4.78, 5) is 5.66. The van der Waals surface area contributed by atoms with Gasteiger partial charge in [0, 0.05) is 29.2 Å². The SMILES string of the molecule is NCC(c1ccccn1)C(O)CCCc1cccs1. The van der Waals surface area contributed by atoms with Gasteiger partial charge in [0.05, 0.1) is 6.10 Å². The maximum atomic E-state index is 10.3. The summed E-state index contributed by atoms with van der Waals surface area (Å²) in [7, 11) is 0. The summed E-state index contributed by atoms with van der Waals surface area (Å²) in [5.74, 6) is -0.0652. The van der Waals surface area contributed by atoms with E-state index >= 15 is 0 Å². The van der Waals surface area contributed by atoms with Crippen molar-refractivity contribution >= 4 is 11.3 Å². The van der Waals surface area contributed by atoms with Crippen LogP contribution in [0.1, 0.15) is 29.3 Å². The first-order chi connectivity index (χ1) is 9.31. The van der Waals surface area contributed by atoms with Crippen molar-refractivity contribution in [2.24, 2.45) is 5.73 Å². The molecular weight excluding hydrogens is 256 g/mol. The molecule has 0 spiro atoms. The highest BCUT2D eigenvalue weighted by atomic mass is 32.1. The molecule has 0 aromatic carbocycles. The van der Waals surface area contributed by atoms with Crippen molar-refractivity contribution in [3.8, 4) is 0 Å². The molecule has 2 rings (SSSR count). The van der Waals surface area contributed by atoms with Gasteiger partial charge in [-0.15, -0.1) is 11.3 Å². The Morgan fingerprint density at radius 1 is 1.26 bits per heavy atom. The number of pyridine rings is 1. The minimum Gasteiger partial charge on any atom is -0.392 e. The van der Waals surface area contributed by atoms with E-state index < -0.39 is 6.10 Å². The summed E-state index contributed by atoms with van der Waals surface area (Å²) < 4.78 is 0. The van der Waals surface area contributed by atoms with Crippen LogP contribution in [-0.4, -0.2) is 22.7 Å². The normalized spacial score (nSPS) is 14.2. The molecule has 0 aliphatic heterocycles. The zero-order valence-corrected chi connectivity index (χ0v) is 11.7. The zero-order chi connectivity index (χ0) is 13.5. The molecule has 102 valence electrons. The Bertz CT molecular complexity index is 458. The minimum absolute atomic E-state index is 0.0652. The van der Waals surface area contributed by atoms with Crippen molar-refractivity contribution < 1.29 is 5.11 Å². The number of thiophene rings is 1. The van der Waals surface area contributed by atoms with Gasteiger partial charge in [0.2, 0.25) is 0 Å². The molecule has 3 N–H and O–H groups in total. The molecule has 0 saturated carbocycles. The summed E-state index contributed by atoms with van der Waals surface area (Å²) in [5.41, 5.74) is 6.66. The lowest BCUT2D eigenvalue weighted by molar-refractivity contribution is 0.132. The lowest BCUT2D eigenvalue weighted by atomic mass is 9.94. The molecule has 2 atom stereocenters. The lowest BCUT2D eigenvalue weighted by Crippen LogP contribution is -2.26. The first-order valence-electron chi connectivity index (χ1n) is 6.62. The van der Waals surface area contributed by atoms with Crippen LogP contribution in [0, 0.1) is 0 Å². The number of aromatic nitrogens is 1. The summed E-state index contributed by atoms with van der Waals surface area (Å²) >= 11 is 1.77. The maximum Gasteiger partial charge on any atom is 0.0636 e. The standard InChI is InChI=1S/C15H20N2OS/c16-11-13(14-7-1-2-9-17-14)15(18)8-3-5-12-6-4-10-19-12/h1-2,4,6-7,9-10,13,15,18H,3,5,8,11,16H2. The molecule has 0 radical (unpaired) electrons. The van der Waals surface area contributed by atoms with Gasteiger partial charge in [-0.25, -0.2) is 0 Å². The maximum absolute atomic E-state index is 10.3. The van der Waals surface area contributed by atoms with E-state index in [-0.39, 0.29) is 5.92 Å². The third-order valence-corrected chi connectivity index (χ3v) is 4.23. The second-order valence-corrected chi connectivity index (χ2v) is 5.67. The molecule has 0 amide bonds. The first kappa shape index (κ1) is 14.2. The van der Waals surface area contributed by atoms with Gasteiger partial charge in [-0.3, -0.25) is 4.98 Å². The number of hydrogen-bond acceptors (Lipinski definition) is 4.